The van der Waals surface area contributed by atoms with Gasteiger partial charge < -0.3 is 4.74 Å². The van der Waals surface area contributed by atoms with Gasteiger partial charge >= 0.3 is 6.18 Å². The van der Waals surface area contributed by atoms with Crippen LogP contribution in [0.15, 0.2) is 30.1 Å². The van der Waals surface area contributed by atoms with E-state index < -0.39 is 64.2 Å². The average molecular weight is 536 g/mol. The van der Waals surface area contributed by atoms with Crippen molar-refractivity contribution >= 4 is 5.83 Å². The SMILES string of the molecule is CC(F)=C(F)c1cc(F)c(C2CCC(C3CCC(c4cc(F)c(C(F)(F)F)c(F)c4)OC3)CC2)c(F)c1. The van der Waals surface area contributed by atoms with E-state index in [1.807, 2.05) is 0 Å². The van der Waals surface area contributed by atoms with E-state index in [1.54, 1.807) is 0 Å². The first-order valence-electron chi connectivity index (χ1n) is 12.1. The molecule has 4 rings (SSSR count). The summed E-state index contributed by atoms with van der Waals surface area (Å²) in [6, 6.07) is 2.91. The molecule has 1 aliphatic heterocycles. The molecule has 2 aromatic rings. The van der Waals surface area contributed by atoms with Gasteiger partial charge in [0.05, 0.1) is 12.7 Å². The molecule has 1 nitrogen and oxygen atoms in total. The summed E-state index contributed by atoms with van der Waals surface area (Å²) in [4.78, 5) is 0. The first-order valence-corrected chi connectivity index (χ1v) is 12.1. The molecular formula is C27H25F9O. The van der Waals surface area contributed by atoms with Gasteiger partial charge in [-0.1, -0.05) is 0 Å². The molecular weight excluding hydrogens is 511 g/mol. The third-order valence-electron chi connectivity index (χ3n) is 7.51. The Morgan fingerprint density at radius 1 is 0.757 bits per heavy atom. The fourth-order valence-corrected chi connectivity index (χ4v) is 5.64. The van der Waals surface area contributed by atoms with Gasteiger partial charge in [0.25, 0.3) is 0 Å². The number of hydrogen-bond acceptors (Lipinski definition) is 1. The van der Waals surface area contributed by atoms with Crippen molar-refractivity contribution in [2.75, 3.05) is 6.61 Å². The highest BCUT2D eigenvalue weighted by Gasteiger charge is 2.39. The zero-order valence-electron chi connectivity index (χ0n) is 19.9. The molecule has 202 valence electrons. The van der Waals surface area contributed by atoms with Crippen LogP contribution in [-0.4, -0.2) is 6.61 Å². The number of hydrogen-bond donors (Lipinski definition) is 0. The highest BCUT2D eigenvalue weighted by molar-refractivity contribution is 5.61. The number of rotatable bonds is 4. The average Bonchev–Trinajstić information content (AvgIpc) is 2.82. The largest absolute Gasteiger partial charge is 0.422 e. The Hall–Kier alpha value is -2.49. The van der Waals surface area contributed by atoms with E-state index in [9.17, 15) is 39.5 Å². The quantitative estimate of drug-likeness (QED) is 0.354. The molecule has 1 saturated heterocycles. The molecule has 10 heteroatoms. The van der Waals surface area contributed by atoms with Crippen LogP contribution in [-0.2, 0) is 10.9 Å². The highest BCUT2D eigenvalue weighted by atomic mass is 19.4. The molecule has 2 aromatic carbocycles. The van der Waals surface area contributed by atoms with E-state index in [0.717, 1.165) is 19.1 Å². The van der Waals surface area contributed by atoms with Crippen LogP contribution in [0.25, 0.3) is 5.83 Å². The van der Waals surface area contributed by atoms with Crippen molar-refractivity contribution in [1.29, 1.82) is 0 Å². The standard InChI is InChI=1S/C27H25F9O/c1-13(28)26(33)18-10-19(29)24(20(30)11-18)15-4-2-14(3-5-15)16-6-7-23(37-12-16)17-8-21(31)25(22(32)9-17)27(34,35)36/h8-11,14-16,23H,2-7,12H2,1H3. The van der Waals surface area contributed by atoms with Crippen LogP contribution in [0.1, 0.15) is 79.7 Å². The summed E-state index contributed by atoms with van der Waals surface area (Å²) in [6.07, 6.45) is -2.64. The Morgan fingerprint density at radius 2 is 1.30 bits per heavy atom. The lowest BCUT2D eigenvalue weighted by Crippen LogP contribution is -2.30. The molecule has 0 amide bonds. The van der Waals surface area contributed by atoms with Crippen LogP contribution in [0.5, 0.6) is 0 Å². The minimum atomic E-state index is -5.14. The monoisotopic (exact) mass is 536 g/mol. The smallest absolute Gasteiger partial charge is 0.373 e. The van der Waals surface area contributed by atoms with Crippen molar-refractivity contribution in [3.63, 3.8) is 0 Å². The van der Waals surface area contributed by atoms with Crippen molar-refractivity contribution < 1.29 is 44.3 Å². The topological polar surface area (TPSA) is 9.23 Å². The maximum atomic E-state index is 14.6. The zero-order valence-corrected chi connectivity index (χ0v) is 19.9. The van der Waals surface area contributed by atoms with Crippen LogP contribution >= 0.6 is 0 Å². The summed E-state index contributed by atoms with van der Waals surface area (Å²) < 4.78 is 128. The summed E-state index contributed by atoms with van der Waals surface area (Å²) in [5, 5.41) is 0. The Balaban J connectivity index is 1.36. The summed E-state index contributed by atoms with van der Waals surface area (Å²) >= 11 is 0. The molecule has 2 unspecified atom stereocenters. The van der Waals surface area contributed by atoms with Crippen molar-refractivity contribution in [3.8, 4) is 0 Å². The van der Waals surface area contributed by atoms with Crippen LogP contribution in [0.2, 0.25) is 0 Å². The van der Waals surface area contributed by atoms with E-state index in [2.05, 4.69) is 0 Å². The lowest BCUT2D eigenvalue weighted by Gasteiger charge is -2.38. The van der Waals surface area contributed by atoms with Crippen molar-refractivity contribution in [2.45, 2.75) is 63.6 Å². The molecule has 0 radical (unpaired) electrons. The van der Waals surface area contributed by atoms with Gasteiger partial charge in [-0.25, -0.2) is 26.3 Å². The lowest BCUT2D eigenvalue weighted by molar-refractivity contribution is -0.142. The number of alkyl halides is 3. The molecule has 2 atom stereocenters. The Bertz CT molecular complexity index is 1120. The first-order chi connectivity index (χ1) is 17.4. The van der Waals surface area contributed by atoms with Crippen LogP contribution in [0.3, 0.4) is 0 Å². The molecule has 0 bridgehead atoms. The summed E-state index contributed by atoms with van der Waals surface area (Å²) in [5.74, 6) is -7.84. The number of ether oxygens (including phenoxy) is 1. The van der Waals surface area contributed by atoms with Gasteiger partial charge in [-0.3, -0.25) is 0 Å². The number of allylic oxidation sites excluding steroid dienone is 1. The summed E-state index contributed by atoms with van der Waals surface area (Å²) in [7, 11) is 0. The summed E-state index contributed by atoms with van der Waals surface area (Å²) in [5.41, 5.74) is -2.55. The molecule has 1 aliphatic carbocycles. The van der Waals surface area contributed by atoms with Crippen LogP contribution < -0.4 is 0 Å². The van der Waals surface area contributed by atoms with Gasteiger partial charge in [-0.15, -0.1) is 0 Å². The van der Waals surface area contributed by atoms with Crippen molar-refractivity contribution in [2.24, 2.45) is 11.8 Å². The highest BCUT2D eigenvalue weighted by Crippen LogP contribution is 2.45. The minimum Gasteiger partial charge on any atom is -0.373 e. The van der Waals surface area contributed by atoms with E-state index in [-0.39, 0.29) is 29.6 Å². The number of benzene rings is 2. The maximum Gasteiger partial charge on any atom is 0.422 e. The van der Waals surface area contributed by atoms with Crippen LogP contribution in [0, 0.1) is 35.1 Å². The lowest BCUT2D eigenvalue weighted by atomic mass is 9.72. The normalized spacial score (nSPS) is 25.7. The predicted octanol–water partition coefficient (Wildman–Crippen LogP) is 9.33. The molecule has 1 heterocycles. The van der Waals surface area contributed by atoms with Gasteiger partial charge in [0.1, 0.15) is 34.7 Å². The predicted molar refractivity (Wildman–Crippen MR) is 119 cm³/mol. The fourth-order valence-electron chi connectivity index (χ4n) is 5.64. The van der Waals surface area contributed by atoms with Crippen molar-refractivity contribution in [3.05, 3.63) is 75.6 Å². The molecule has 1 saturated carbocycles. The first kappa shape index (κ1) is 27.5. The molecule has 0 spiro atoms. The Labute approximate surface area is 208 Å². The van der Waals surface area contributed by atoms with E-state index in [1.165, 1.54) is 0 Å². The zero-order chi connectivity index (χ0) is 27.1. The van der Waals surface area contributed by atoms with Gasteiger partial charge in [-0.2, -0.15) is 13.2 Å². The molecule has 2 aliphatic rings. The molecule has 0 aromatic heterocycles. The van der Waals surface area contributed by atoms with Gasteiger partial charge in [0.2, 0.25) is 0 Å². The van der Waals surface area contributed by atoms with E-state index >= 15 is 0 Å². The Kier molecular flexibility index (Phi) is 7.97. The minimum absolute atomic E-state index is 0.00814. The second-order valence-corrected chi connectivity index (χ2v) is 9.83. The molecule has 37 heavy (non-hydrogen) atoms. The Morgan fingerprint density at radius 3 is 1.76 bits per heavy atom. The third kappa shape index (κ3) is 5.84. The third-order valence-corrected chi connectivity index (χ3v) is 7.51. The van der Waals surface area contributed by atoms with Gasteiger partial charge in [0, 0.05) is 11.1 Å². The van der Waals surface area contributed by atoms with E-state index in [0.29, 0.717) is 50.7 Å². The second-order valence-electron chi connectivity index (χ2n) is 9.83. The van der Waals surface area contributed by atoms with Crippen molar-refractivity contribution in [1.82, 2.24) is 0 Å². The molecule has 0 N–H and O–H groups in total. The molecule has 2 fully saturated rings. The van der Waals surface area contributed by atoms with Crippen LogP contribution in [0.4, 0.5) is 39.5 Å². The second kappa shape index (κ2) is 10.7. The number of halogens is 9. The van der Waals surface area contributed by atoms with E-state index in [4.69, 9.17) is 4.74 Å². The summed E-state index contributed by atoms with van der Waals surface area (Å²) in [6.45, 7) is 1.10. The maximum absolute atomic E-state index is 14.6. The van der Waals surface area contributed by atoms with Gasteiger partial charge in [-0.05, 0) is 93.0 Å². The fraction of sp³-hybridized carbons (Fsp3) is 0.481. The van der Waals surface area contributed by atoms with Gasteiger partial charge in [0.15, 0.2) is 5.83 Å².